The first-order valence-electron chi connectivity index (χ1n) is 9.61. The molecule has 1 heterocycles. The lowest BCUT2D eigenvalue weighted by molar-refractivity contribution is -0.137. The van der Waals surface area contributed by atoms with Crippen molar-refractivity contribution in [3.63, 3.8) is 0 Å². The van der Waals surface area contributed by atoms with E-state index in [1.165, 1.54) is 40.9 Å². The van der Waals surface area contributed by atoms with Crippen LogP contribution in [-0.2, 0) is 11.0 Å². The van der Waals surface area contributed by atoms with Crippen LogP contribution in [0.3, 0.4) is 0 Å². The van der Waals surface area contributed by atoms with E-state index >= 15 is 0 Å². The minimum atomic E-state index is -4.46. The van der Waals surface area contributed by atoms with Crippen molar-refractivity contribution in [3.8, 4) is 0 Å². The van der Waals surface area contributed by atoms with Crippen molar-refractivity contribution in [2.75, 3.05) is 16.0 Å². The Morgan fingerprint density at radius 1 is 1.03 bits per heavy atom. The second-order valence-corrected chi connectivity index (χ2v) is 9.09. The minimum Gasteiger partial charge on any atom is -0.322 e. The van der Waals surface area contributed by atoms with Crippen molar-refractivity contribution < 1.29 is 22.8 Å². The van der Waals surface area contributed by atoms with E-state index in [9.17, 15) is 22.8 Å². The number of carbonyl (C=O) groups excluding carboxylic acids is 2. The van der Waals surface area contributed by atoms with Gasteiger partial charge in [-0.3, -0.25) is 14.5 Å². The average Bonchev–Trinajstić information content (AvgIpc) is 3.14. The SMILES string of the molecule is O=C(Nc1cccc(C2SCC(=O)N2c2ccc(C(F)(F)F)cc2)c1)c1ccc(Cl)cc1Cl. The highest BCUT2D eigenvalue weighted by atomic mass is 35.5. The van der Waals surface area contributed by atoms with E-state index in [0.29, 0.717) is 22.0 Å². The Balaban J connectivity index is 1.58. The fraction of sp³-hybridized carbons (Fsp3) is 0.130. The molecule has 1 N–H and O–H groups in total. The van der Waals surface area contributed by atoms with E-state index in [-0.39, 0.29) is 22.2 Å². The molecule has 33 heavy (non-hydrogen) atoms. The Hall–Kier alpha value is -2.68. The molecule has 1 aliphatic heterocycles. The maximum atomic E-state index is 12.9. The Kier molecular flexibility index (Phi) is 6.61. The highest BCUT2D eigenvalue weighted by molar-refractivity contribution is 8.00. The number of nitrogens with zero attached hydrogens (tertiary/aromatic N) is 1. The molecule has 1 atom stereocenters. The molecule has 2 amide bonds. The molecular weight excluding hydrogens is 496 g/mol. The molecule has 0 aliphatic carbocycles. The van der Waals surface area contributed by atoms with Gasteiger partial charge in [-0.25, -0.2) is 0 Å². The van der Waals surface area contributed by atoms with Crippen molar-refractivity contribution >= 4 is 58.2 Å². The Bertz CT molecular complexity index is 1220. The number of rotatable bonds is 4. The van der Waals surface area contributed by atoms with Crippen LogP contribution in [0.2, 0.25) is 10.0 Å². The van der Waals surface area contributed by atoms with E-state index in [1.54, 1.807) is 30.3 Å². The summed E-state index contributed by atoms with van der Waals surface area (Å²) in [6.07, 6.45) is -4.46. The Morgan fingerprint density at radius 2 is 1.76 bits per heavy atom. The highest BCUT2D eigenvalue weighted by Gasteiger charge is 2.35. The molecular formula is C23H15Cl2F3N2O2S. The Labute approximate surface area is 201 Å². The third kappa shape index (κ3) is 5.13. The van der Waals surface area contributed by atoms with E-state index < -0.39 is 23.0 Å². The zero-order valence-corrected chi connectivity index (χ0v) is 19.0. The van der Waals surface area contributed by atoms with Crippen LogP contribution >= 0.6 is 35.0 Å². The van der Waals surface area contributed by atoms with Gasteiger partial charge in [0, 0.05) is 16.4 Å². The van der Waals surface area contributed by atoms with Gasteiger partial charge in [0.05, 0.1) is 21.9 Å². The fourth-order valence-electron chi connectivity index (χ4n) is 3.40. The van der Waals surface area contributed by atoms with E-state index in [0.717, 1.165) is 12.1 Å². The van der Waals surface area contributed by atoms with Crippen molar-refractivity contribution in [2.45, 2.75) is 11.6 Å². The molecule has 4 rings (SSSR count). The number of amides is 2. The first kappa shape index (κ1) is 23.5. The lowest BCUT2D eigenvalue weighted by Crippen LogP contribution is -2.28. The van der Waals surface area contributed by atoms with Crippen molar-refractivity contribution in [1.29, 1.82) is 0 Å². The van der Waals surface area contributed by atoms with Gasteiger partial charge in [-0.1, -0.05) is 35.3 Å². The fourth-order valence-corrected chi connectivity index (χ4v) is 5.06. The van der Waals surface area contributed by atoms with Gasteiger partial charge in [-0.2, -0.15) is 13.2 Å². The predicted octanol–water partition coefficient (Wildman–Crippen LogP) is 7.04. The molecule has 0 saturated carbocycles. The van der Waals surface area contributed by atoms with Crippen LogP contribution in [0, 0.1) is 0 Å². The van der Waals surface area contributed by atoms with Gasteiger partial charge in [-0.15, -0.1) is 11.8 Å². The third-order valence-corrected chi connectivity index (χ3v) is 6.71. The second kappa shape index (κ2) is 9.29. The molecule has 1 unspecified atom stereocenters. The van der Waals surface area contributed by atoms with Gasteiger partial charge in [0.2, 0.25) is 5.91 Å². The zero-order chi connectivity index (χ0) is 23.8. The molecule has 4 nitrogen and oxygen atoms in total. The summed E-state index contributed by atoms with van der Waals surface area (Å²) in [6, 6.07) is 15.9. The number of anilines is 2. The number of hydrogen-bond donors (Lipinski definition) is 1. The van der Waals surface area contributed by atoms with Gasteiger partial charge in [0.15, 0.2) is 0 Å². The van der Waals surface area contributed by atoms with Gasteiger partial charge in [0.25, 0.3) is 5.91 Å². The molecule has 3 aromatic carbocycles. The molecule has 3 aromatic rings. The van der Waals surface area contributed by atoms with E-state index in [1.807, 2.05) is 0 Å². The smallest absolute Gasteiger partial charge is 0.322 e. The van der Waals surface area contributed by atoms with Gasteiger partial charge in [0.1, 0.15) is 5.37 Å². The summed E-state index contributed by atoms with van der Waals surface area (Å²) in [5.74, 6) is -0.460. The molecule has 0 aromatic heterocycles. The Morgan fingerprint density at radius 3 is 2.42 bits per heavy atom. The number of thioether (sulfide) groups is 1. The maximum absolute atomic E-state index is 12.9. The summed E-state index contributed by atoms with van der Waals surface area (Å²) in [6.45, 7) is 0. The summed E-state index contributed by atoms with van der Waals surface area (Å²) in [4.78, 5) is 26.6. The van der Waals surface area contributed by atoms with Crippen LogP contribution in [-0.4, -0.2) is 17.6 Å². The second-order valence-electron chi connectivity index (χ2n) is 7.18. The summed E-state index contributed by atoms with van der Waals surface area (Å²) in [5, 5.41) is 2.93. The third-order valence-electron chi connectivity index (χ3n) is 4.95. The van der Waals surface area contributed by atoms with Gasteiger partial charge >= 0.3 is 6.18 Å². The van der Waals surface area contributed by atoms with Crippen LogP contribution in [0.1, 0.15) is 26.9 Å². The minimum absolute atomic E-state index is 0.183. The van der Waals surface area contributed by atoms with Crippen molar-refractivity contribution in [2.24, 2.45) is 0 Å². The predicted molar refractivity (Wildman–Crippen MR) is 125 cm³/mol. The number of hydrogen-bond acceptors (Lipinski definition) is 3. The van der Waals surface area contributed by atoms with Gasteiger partial charge < -0.3 is 5.32 Å². The number of benzene rings is 3. The van der Waals surface area contributed by atoms with Crippen LogP contribution in [0.25, 0.3) is 0 Å². The quantitative estimate of drug-likeness (QED) is 0.409. The summed E-state index contributed by atoms with van der Waals surface area (Å²) >= 11 is 13.3. The standard InChI is InChI=1S/C23H15Cl2F3N2O2S/c24-15-6-9-18(19(25)11-15)21(32)29-16-3-1-2-13(10-16)22-30(20(31)12-33-22)17-7-4-14(5-8-17)23(26,27)28/h1-11,22H,12H2,(H,29,32). The molecule has 10 heteroatoms. The van der Waals surface area contributed by atoms with Crippen LogP contribution < -0.4 is 10.2 Å². The van der Waals surface area contributed by atoms with Gasteiger partial charge in [-0.05, 0) is 60.2 Å². The average molecular weight is 511 g/mol. The maximum Gasteiger partial charge on any atom is 0.416 e. The number of nitrogens with one attached hydrogen (secondary N) is 1. The summed E-state index contributed by atoms with van der Waals surface area (Å²) < 4.78 is 38.7. The first-order chi connectivity index (χ1) is 15.6. The van der Waals surface area contributed by atoms with E-state index in [4.69, 9.17) is 23.2 Å². The number of carbonyl (C=O) groups is 2. The lowest BCUT2D eigenvalue weighted by Gasteiger charge is -2.25. The molecule has 0 radical (unpaired) electrons. The topological polar surface area (TPSA) is 49.4 Å². The number of halogens is 5. The largest absolute Gasteiger partial charge is 0.416 e. The monoisotopic (exact) mass is 510 g/mol. The van der Waals surface area contributed by atoms with Crippen LogP contribution in [0.5, 0.6) is 0 Å². The lowest BCUT2D eigenvalue weighted by atomic mass is 10.1. The molecule has 0 spiro atoms. The zero-order valence-electron chi connectivity index (χ0n) is 16.7. The van der Waals surface area contributed by atoms with Crippen molar-refractivity contribution in [1.82, 2.24) is 0 Å². The van der Waals surface area contributed by atoms with Crippen molar-refractivity contribution in [3.05, 3.63) is 93.5 Å². The summed E-state index contributed by atoms with van der Waals surface area (Å²) in [5.41, 5.74) is 1.03. The molecule has 1 saturated heterocycles. The highest BCUT2D eigenvalue weighted by Crippen LogP contribution is 2.43. The molecule has 0 bridgehead atoms. The number of alkyl halides is 3. The molecule has 170 valence electrons. The van der Waals surface area contributed by atoms with Crippen LogP contribution in [0.4, 0.5) is 24.5 Å². The first-order valence-corrected chi connectivity index (χ1v) is 11.4. The molecule has 1 aliphatic rings. The van der Waals surface area contributed by atoms with E-state index in [2.05, 4.69) is 5.32 Å². The van der Waals surface area contributed by atoms with Crippen LogP contribution in [0.15, 0.2) is 66.7 Å². The normalized spacial score (nSPS) is 16.2. The molecule has 1 fully saturated rings. The summed E-state index contributed by atoms with van der Waals surface area (Å²) in [7, 11) is 0.